The van der Waals surface area contributed by atoms with Gasteiger partial charge >= 0.3 is 0 Å². The standard InChI is InChI=1S/C24H29ClN4O2/c25-21-20(15-26-29(21)19-7-2-1-3-8-19)22(30)27-17-9-10-18(13-17)28-23(31)24(11-12-24)14-16-5-4-6-16/h1-3,7-8,15-18H,4-6,9-14H2,(H,27,30)(H,28,31)/t17-,18+/m1/s1. The summed E-state index contributed by atoms with van der Waals surface area (Å²) in [5.74, 6) is 0.779. The molecule has 2 aromatic rings. The van der Waals surface area contributed by atoms with Crippen molar-refractivity contribution < 1.29 is 9.59 Å². The van der Waals surface area contributed by atoms with Crippen LogP contribution in [0.2, 0.25) is 5.15 Å². The molecule has 31 heavy (non-hydrogen) atoms. The van der Waals surface area contributed by atoms with Crippen LogP contribution < -0.4 is 10.6 Å². The van der Waals surface area contributed by atoms with Crippen molar-refractivity contribution in [1.82, 2.24) is 20.4 Å². The molecule has 1 heterocycles. The highest BCUT2D eigenvalue weighted by molar-refractivity contribution is 6.33. The summed E-state index contributed by atoms with van der Waals surface area (Å²) in [7, 11) is 0. The number of nitrogens with zero attached hydrogens (tertiary/aromatic N) is 2. The van der Waals surface area contributed by atoms with Crippen LogP contribution in [0.1, 0.15) is 68.1 Å². The molecule has 2 amide bonds. The molecule has 3 aliphatic carbocycles. The molecule has 7 heteroatoms. The lowest BCUT2D eigenvalue weighted by Crippen LogP contribution is -2.41. The van der Waals surface area contributed by atoms with E-state index in [1.54, 1.807) is 4.68 Å². The van der Waals surface area contributed by atoms with Crippen LogP contribution in [0.25, 0.3) is 5.69 Å². The zero-order valence-corrected chi connectivity index (χ0v) is 18.4. The lowest BCUT2D eigenvalue weighted by atomic mass is 9.77. The van der Waals surface area contributed by atoms with Crippen LogP contribution in [0.3, 0.4) is 0 Å². The molecule has 0 aliphatic heterocycles. The Morgan fingerprint density at radius 1 is 1.06 bits per heavy atom. The van der Waals surface area contributed by atoms with Gasteiger partial charge in [0.25, 0.3) is 5.91 Å². The molecule has 2 atom stereocenters. The van der Waals surface area contributed by atoms with E-state index in [1.165, 1.54) is 25.5 Å². The maximum Gasteiger partial charge on any atom is 0.256 e. The zero-order valence-electron chi connectivity index (χ0n) is 17.6. The van der Waals surface area contributed by atoms with E-state index in [4.69, 9.17) is 11.6 Å². The van der Waals surface area contributed by atoms with Crippen LogP contribution in [-0.2, 0) is 4.79 Å². The van der Waals surface area contributed by atoms with Crippen molar-refractivity contribution in [3.05, 3.63) is 47.2 Å². The maximum atomic E-state index is 12.9. The lowest BCUT2D eigenvalue weighted by molar-refractivity contribution is -0.128. The lowest BCUT2D eigenvalue weighted by Gasteiger charge is -2.29. The molecule has 0 spiro atoms. The Balaban J connectivity index is 1.15. The van der Waals surface area contributed by atoms with Gasteiger partial charge in [0.05, 0.1) is 17.4 Å². The Kier molecular flexibility index (Phi) is 5.51. The second-order valence-electron chi connectivity index (χ2n) is 9.53. The van der Waals surface area contributed by atoms with Gasteiger partial charge < -0.3 is 10.6 Å². The van der Waals surface area contributed by atoms with Crippen molar-refractivity contribution >= 4 is 23.4 Å². The monoisotopic (exact) mass is 440 g/mol. The first-order valence-corrected chi connectivity index (χ1v) is 11.8. The summed E-state index contributed by atoms with van der Waals surface area (Å²) in [5, 5.41) is 10.9. The van der Waals surface area contributed by atoms with Crippen LogP contribution >= 0.6 is 11.6 Å². The van der Waals surface area contributed by atoms with Gasteiger partial charge in [0.15, 0.2) is 0 Å². The van der Waals surface area contributed by atoms with Gasteiger partial charge in [0, 0.05) is 17.5 Å². The van der Waals surface area contributed by atoms with Crippen molar-refractivity contribution in [3.63, 3.8) is 0 Å². The van der Waals surface area contributed by atoms with Gasteiger partial charge in [-0.25, -0.2) is 4.68 Å². The zero-order chi connectivity index (χ0) is 21.4. The second kappa shape index (κ2) is 8.30. The third kappa shape index (κ3) is 4.22. The Bertz CT molecular complexity index is 965. The number of hydrogen-bond acceptors (Lipinski definition) is 3. The van der Waals surface area contributed by atoms with Gasteiger partial charge in [-0.15, -0.1) is 0 Å². The van der Waals surface area contributed by atoms with Crippen LogP contribution in [0.4, 0.5) is 0 Å². The minimum absolute atomic E-state index is 0.0377. The average molecular weight is 441 g/mol. The summed E-state index contributed by atoms with van der Waals surface area (Å²) in [6.45, 7) is 0. The molecular formula is C24H29ClN4O2. The maximum absolute atomic E-state index is 12.9. The van der Waals surface area contributed by atoms with E-state index >= 15 is 0 Å². The van der Waals surface area contributed by atoms with Crippen LogP contribution in [0, 0.1) is 11.3 Å². The third-order valence-electron chi connectivity index (χ3n) is 7.30. The van der Waals surface area contributed by atoms with Crippen molar-refractivity contribution in [3.8, 4) is 5.69 Å². The van der Waals surface area contributed by atoms with Crippen molar-refractivity contribution in [2.45, 2.75) is 69.9 Å². The quantitative estimate of drug-likeness (QED) is 0.675. The molecule has 1 aromatic heterocycles. The summed E-state index contributed by atoms with van der Waals surface area (Å²) < 4.78 is 1.56. The molecule has 6 nitrogen and oxygen atoms in total. The van der Waals surface area contributed by atoms with Gasteiger partial charge in [0.2, 0.25) is 5.91 Å². The van der Waals surface area contributed by atoms with E-state index in [0.717, 1.165) is 50.1 Å². The highest BCUT2D eigenvalue weighted by atomic mass is 35.5. The SMILES string of the molecule is O=C(N[C@@H]1CC[C@H](NC(=O)C2(CC3CCC3)CC2)C1)c1cnn(-c2ccccc2)c1Cl. The smallest absolute Gasteiger partial charge is 0.256 e. The molecular weight excluding hydrogens is 412 g/mol. The minimum atomic E-state index is -0.215. The van der Waals surface area contributed by atoms with Gasteiger partial charge in [0.1, 0.15) is 5.15 Å². The number of carbonyl (C=O) groups excluding carboxylic acids is 2. The highest BCUT2D eigenvalue weighted by Gasteiger charge is 2.51. The molecule has 0 saturated heterocycles. The number of hydrogen-bond donors (Lipinski definition) is 2. The van der Waals surface area contributed by atoms with E-state index in [2.05, 4.69) is 15.7 Å². The van der Waals surface area contributed by atoms with E-state index in [-0.39, 0.29) is 29.3 Å². The van der Waals surface area contributed by atoms with Crippen molar-refractivity contribution in [1.29, 1.82) is 0 Å². The van der Waals surface area contributed by atoms with Gasteiger partial charge in [-0.3, -0.25) is 9.59 Å². The topological polar surface area (TPSA) is 76.0 Å². The van der Waals surface area contributed by atoms with Crippen molar-refractivity contribution in [2.24, 2.45) is 11.3 Å². The summed E-state index contributed by atoms with van der Waals surface area (Å²) in [5.41, 5.74) is 1.09. The Morgan fingerprint density at radius 2 is 1.77 bits per heavy atom. The summed E-state index contributed by atoms with van der Waals surface area (Å²) in [6.07, 6.45) is 11.1. The fraction of sp³-hybridized carbons (Fsp3) is 0.542. The molecule has 5 rings (SSSR count). The predicted molar refractivity (Wildman–Crippen MR) is 119 cm³/mol. The molecule has 3 saturated carbocycles. The van der Waals surface area contributed by atoms with Crippen molar-refractivity contribution in [2.75, 3.05) is 0 Å². The Morgan fingerprint density at radius 3 is 2.42 bits per heavy atom. The highest BCUT2D eigenvalue weighted by Crippen LogP contribution is 2.54. The number of carbonyl (C=O) groups is 2. The minimum Gasteiger partial charge on any atom is -0.353 e. The fourth-order valence-electron chi connectivity index (χ4n) is 5.00. The number of amides is 2. The predicted octanol–water partition coefficient (Wildman–Crippen LogP) is 4.26. The normalized spacial score (nSPS) is 24.4. The molecule has 1 aromatic carbocycles. The molecule has 3 aliphatic rings. The van der Waals surface area contributed by atoms with Gasteiger partial charge in [-0.2, -0.15) is 5.10 Å². The number of rotatable bonds is 7. The van der Waals surface area contributed by atoms with Crippen LogP contribution in [0.5, 0.6) is 0 Å². The average Bonchev–Trinajstić information content (AvgIpc) is 3.25. The number of nitrogens with one attached hydrogen (secondary N) is 2. The fourth-order valence-corrected chi connectivity index (χ4v) is 5.28. The first-order chi connectivity index (χ1) is 15.0. The Hall–Kier alpha value is -2.34. The number of benzene rings is 1. The first kappa shape index (κ1) is 20.6. The van der Waals surface area contributed by atoms with Crippen LogP contribution in [0.15, 0.2) is 36.5 Å². The summed E-state index contributed by atoms with van der Waals surface area (Å²) in [4.78, 5) is 25.7. The van der Waals surface area contributed by atoms with Crippen LogP contribution in [-0.4, -0.2) is 33.7 Å². The summed E-state index contributed by atoms with van der Waals surface area (Å²) >= 11 is 6.43. The second-order valence-corrected chi connectivity index (χ2v) is 9.89. The molecule has 2 N–H and O–H groups in total. The molecule has 164 valence electrons. The molecule has 0 bridgehead atoms. The third-order valence-corrected chi connectivity index (χ3v) is 7.66. The number of halogens is 1. The Labute approximate surface area is 187 Å². The number of para-hydroxylation sites is 1. The van der Waals surface area contributed by atoms with E-state index in [1.807, 2.05) is 30.3 Å². The molecule has 0 radical (unpaired) electrons. The first-order valence-electron chi connectivity index (χ1n) is 11.4. The largest absolute Gasteiger partial charge is 0.353 e. The van der Waals surface area contributed by atoms with Gasteiger partial charge in [-0.05, 0) is 56.6 Å². The molecule has 3 fully saturated rings. The van der Waals surface area contributed by atoms with E-state index in [0.29, 0.717) is 10.7 Å². The van der Waals surface area contributed by atoms with Gasteiger partial charge in [-0.1, -0.05) is 49.1 Å². The molecule has 0 unspecified atom stereocenters. The summed E-state index contributed by atoms with van der Waals surface area (Å²) in [6, 6.07) is 9.68. The number of aromatic nitrogens is 2. The van der Waals surface area contributed by atoms with E-state index in [9.17, 15) is 9.59 Å². The van der Waals surface area contributed by atoms with E-state index < -0.39 is 0 Å².